The van der Waals surface area contributed by atoms with Crippen LogP contribution in [0.25, 0.3) is 0 Å². The van der Waals surface area contributed by atoms with Gasteiger partial charge in [-0.25, -0.2) is 0 Å². The van der Waals surface area contributed by atoms with E-state index in [0.717, 1.165) is 0 Å². The van der Waals surface area contributed by atoms with Crippen LogP contribution >= 0.6 is 0 Å². The van der Waals surface area contributed by atoms with Crippen LogP contribution < -0.4 is 11.5 Å². The number of aliphatic hydroxyl groups excluding tert-OH is 3. The predicted octanol–water partition coefficient (Wildman–Crippen LogP) is -4.31. The van der Waals surface area contributed by atoms with Gasteiger partial charge in [0.15, 0.2) is 6.10 Å². The molecule has 5 atom stereocenters. The summed E-state index contributed by atoms with van der Waals surface area (Å²) in [6.07, 6.45) is -2.06. The van der Waals surface area contributed by atoms with Gasteiger partial charge in [-0.05, 0) is 0 Å². The van der Waals surface area contributed by atoms with Crippen molar-refractivity contribution in [3.05, 3.63) is 0 Å². The van der Waals surface area contributed by atoms with Gasteiger partial charge in [-0.15, -0.1) is 0 Å². The second-order valence-electron chi connectivity index (χ2n) is 3.21. The van der Waals surface area contributed by atoms with Gasteiger partial charge in [-0.1, -0.05) is 0 Å². The Morgan fingerprint density at radius 3 is 2.09 bits per heavy atom. The highest BCUT2D eigenvalue weighted by atomic mass is 16.3. The Bertz CT molecular complexity index is 130. The first-order valence-corrected chi connectivity index (χ1v) is 3.74. The van der Waals surface area contributed by atoms with Crippen molar-refractivity contribution < 1.29 is 26.8 Å². The van der Waals surface area contributed by atoms with Crippen LogP contribution in [0.2, 0.25) is 0 Å². The molecule has 1 aliphatic carbocycles. The maximum atomic E-state index is 9.34. The van der Waals surface area contributed by atoms with E-state index < -0.39 is 24.4 Å². The number of hydrogen-bond acceptors (Lipinski definition) is 3. The zero-order valence-electron chi connectivity index (χ0n) is 6.35. The van der Waals surface area contributed by atoms with Crippen LogP contribution in [0.4, 0.5) is 0 Å². The van der Waals surface area contributed by atoms with Gasteiger partial charge in [-0.3, -0.25) is 0 Å². The minimum atomic E-state index is -0.914. The van der Waals surface area contributed by atoms with Crippen molar-refractivity contribution in [3.63, 3.8) is 0 Å². The molecule has 0 aromatic rings. The van der Waals surface area contributed by atoms with Crippen LogP contribution in [-0.4, -0.2) is 45.7 Å². The average Bonchev–Trinajstić information content (AvgIpc) is 1.97. The van der Waals surface area contributed by atoms with Gasteiger partial charge in [0.1, 0.15) is 18.2 Å². The molecule has 0 radical (unpaired) electrons. The maximum Gasteiger partial charge on any atom is 0.160 e. The van der Waals surface area contributed by atoms with Gasteiger partial charge in [0.25, 0.3) is 0 Å². The minimum absolute atomic E-state index is 0.226. The third-order valence-corrected chi connectivity index (χ3v) is 2.30. The van der Waals surface area contributed by atoms with E-state index >= 15 is 0 Å². The molecule has 1 saturated carbocycles. The van der Waals surface area contributed by atoms with Gasteiger partial charge in [0.05, 0.1) is 6.10 Å². The molecule has 0 heterocycles. The van der Waals surface area contributed by atoms with Gasteiger partial charge in [0.2, 0.25) is 0 Å². The SMILES string of the molecule is [NH3+]C1CC(O)C(O)C([NH3+])C1O. The molecule has 1 fully saturated rings. The van der Waals surface area contributed by atoms with Gasteiger partial charge < -0.3 is 26.8 Å². The fraction of sp³-hybridized carbons (Fsp3) is 1.00. The summed E-state index contributed by atoms with van der Waals surface area (Å²) in [5.74, 6) is 0. The molecule has 0 aliphatic heterocycles. The molecule has 0 aromatic carbocycles. The Morgan fingerprint density at radius 1 is 1.00 bits per heavy atom. The fourth-order valence-corrected chi connectivity index (χ4v) is 1.43. The van der Waals surface area contributed by atoms with Gasteiger partial charge in [-0.2, -0.15) is 0 Å². The standard InChI is InChI=1S/C6H14N2O3/c7-2-1-3(9)6(11)4(8)5(2)10/h2-6,9-11H,1,7-8H2/p+2. The summed E-state index contributed by atoms with van der Waals surface area (Å²) >= 11 is 0. The molecule has 5 heteroatoms. The number of rotatable bonds is 0. The minimum Gasteiger partial charge on any atom is -0.390 e. The van der Waals surface area contributed by atoms with Gasteiger partial charge >= 0.3 is 0 Å². The first-order chi connectivity index (χ1) is 5.04. The van der Waals surface area contributed by atoms with Crippen molar-refractivity contribution >= 4 is 0 Å². The average molecular weight is 164 g/mol. The summed E-state index contributed by atoms with van der Waals surface area (Å²) in [7, 11) is 0. The zero-order valence-corrected chi connectivity index (χ0v) is 6.35. The summed E-state index contributed by atoms with van der Waals surface area (Å²) in [6.45, 7) is 0. The van der Waals surface area contributed by atoms with E-state index in [1.807, 2.05) is 0 Å². The number of hydrogen-bond donors (Lipinski definition) is 5. The van der Waals surface area contributed by atoms with Crippen LogP contribution in [0.1, 0.15) is 6.42 Å². The largest absolute Gasteiger partial charge is 0.390 e. The van der Waals surface area contributed by atoms with Crippen molar-refractivity contribution in [2.45, 2.75) is 36.8 Å². The lowest BCUT2D eigenvalue weighted by Crippen LogP contribution is -2.83. The second kappa shape index (κ2) is 3.04. The molecule has 11 heavy (non-hydrogen) atoms. The summed E-state index contributed by atoms with van der Waals surface area (Å²) in [6, 6.07) is -0.753. The molecule has 5 nitrogen and oxygen atoms in total. The van der Waals surface area contributed by atoms with Crippen LogP contribution in [0.3, 0.4) is 0 Å². The monoisotopic (exact) mass is 164 g/mol. The highest BCUT2D eigenvalue weighted by Crippen LogP contribution is 2.15. The first kappa shape index (κ1) is 8.89. The Balaban J connectivity index is 2.63. The van der Waals surface area contributed by atoms with Crippen molar-refractivity contribution in [3.8, 4) is 0 Å². The smallest absolute Gasteiger partial charge is 0.160 e. The highest BCUT2D eigenvalue weighted by molar-refractivity contribution is 4.90. The second-order valence-corrected chi connectivity index (χ2v) is 3.21. The Kier molecular flexibility index (Phi) is 2.46. The van der Waals surface area contributed by atoms with E-state index in [0.29, 0.717) is 6.42 Å². The first-order valence-electron chi connectivity index (χ1n) is 3.74. The Labute approximate surface area is 64.6 Å². The molecule has 0 saturated heterocycles. The van der Waals surface area contributed by atoms with Gasteiger partial charge in [0, 0.05) is 6.42 Å². The summed E-state index contributed by atoms with van der Waals surface area (Å²) < 4.78 is 0. The molecular weight excluding hydrogens is 148 g/mol. The van der Waals surface area contributed by atoms with Crippen molar-refractivity contribution in [1.29, 1.82) is 0 Å². The molecule has 0 spiro atoms. The molecule has 66 valence electrons. The van der Waals surface area contributed by atoms with E-state index in [9.17, 15) is 15.3 Å². The van der Waals surface area contributed by atoms with E-state index in [2.05, 4.69) is 11.5 Å². The molecule has 5 unspecified atom stereocenters. The molecule has 1 rings (SSSR count). The lowest BCUT2D eigenvalue weighted by Gasteiger charge is -2.32. The third-order valence-electron chi connectivity index (χ3n) is 2.30. The normalized spacial score (nSPS) is 52.6. The molecular formula is C6H16N2O3+2. The lowest BCUT2D eigenvalue weighted by atomic mass is 9.85. The maximum absolute atomic E-state index is 9.34. The highest BCUT2D eigenvalue weighted by Gasteiger charge is 2.43. The van der Waals surface area contributed by atoms with Crippen molar-refractivity contribution in [1.82, 2.24) is 0 Å². The van der Waals surface area contributed by atoms with Crippen molar-refractivity contribution in [2.75, 3.05) is 0 Å². The van der Waals surface area contributed by atoms with Crippen LogP contribution in [-0.2, 0) is 0 Å². The molecule has 1 aliphatic rings. The number of aliphatic hydroxyl groups is 3. The molecule has 0 aromatic heterocycles. The van der Waals surface area contributed by atoms with Crippen molar-refractivity contribution in [2.24, 2.45) is 0 Å². The van der Waals surface area contributed by atoms with E-state index in [1.54, 1.807) is 0 Å². The predicted molar refractivity (Wildman–Crippen MR) is 36.0 cm³/mol. The molecule has 0 amide bonds. The van der Waals surface area contributed by atoms with E-state index in [-0.39, 0.29) is 6.04 Å². The third kappa shape index (κ3) is 1.52. The summed E-state index contributed by atoms with van der Waals surface area (Å²) in [5, 5.41) is 27.8. The Morgan fingerprint density at radius 2 is 1.55 bits per heavy atom. The van der Waals surface area contributed by atoms with Crippen LogP contribution in [0.5, 0.6) is 0 Å². The zero-order chi connectivity index (χ0) is 8.59. The fourth-order valence-electron chi connectivity index (χ4n) is 1.43. The summed E-state index contributed by atoms with van der Waals surface area (Å²) in [5.41, 5.74) is 7.21. The lowest BCUT2D eigenvalue weighted by molar-refractivity contribution is -0.517. The van der Waals surface area contributed by atoms with Crippen LogP contribution in [0, 0.1) is 0 Å². The topological polar surface area (TPSA) is 116 Å². The Hall–Kier alpha value is -0.200. The molecule has 0 bridgehead atoms. The number of quaternary nitrogens is 2. The van der Waals surface area contributed by atoms with E-state index in [4.69, 9.17) is 0 Å². The van der Waals surface area contributed by atoms with Crippen LogP contribution in [0.15, 0.2) is 0 Å². The molecule has 9 N–H and O–H groups in total. The quantitative estimate of drug-likeness (QED) is 0.249. The van der Waals surface area contributed by atoms with E-state index in [1.165, 1.54) is 0 Å². The summed E-state index contributed by atoms with van der Waals surface area (Å²) in [4.78, 5) is 0.